The van der Waals surface area contributed by atoms with E-state index in [2.05, 4.69) is 15.6 Å². The van der Waals surface area contributed by atoms with E-state index in [1.54, 1.807) is 19.2 Å². The highest BCUT2D eigenvalue weighted by molar-refractivity contribution is 5.89. The molecule has 0 saturated carbocycles. The number of aliphatic imine (C=N–C) groups is 1. The average molecular weight is 388 g/mol. The van der Waals surface area contributed by atoms with E-state index in [0.29, 0.717) is 37.2 Å². The lowest BCUT2D eigenvalue weighted by Gasteiger charge is -2.19. The maximum absolute atomic E-state index is 11.1. The van der Waals surface area contributed by atoms with Gasteiger partial charge in [0.05, 0.1) is 25.8 Å². The Morgan fingerprint density at radius 1 is 1.18 bits per heavy atom. The van der Waals surface area contributed by atoms with Crippen molar-refractivity contribution in [3.05, 3.63) is 47.4 Å². The maximum atomic E-state index is 11.1. The zero-order valence-corrected chi connectivity index (χ0v) is 16.7. The second kappa shape index (κ2) is 10.2. The SMILES string of the molecule is CCOc1ccc(C(C)NC(=NC)NCc2ccc(C(N)=O)o2)cc1OCC. The molecule has 1 aromatic heterocycles. The van der Waals surface area contributed by atoms with Gasteiger partial charge in [0.2, 0.25) is 0 Å². The number of hydrogen-bond donors (Lipinski definition) is 3. The van der Waals surface area contributed by atoms with Crippen LogP contribution >= 0.6 is 0 Å². The number of nitrogens with two attached hydrogens (primary N) is 1. The molecule has 0 bridgehead atoms. The van der Waals surface area contributed by atoms with Gasteiger partial charge in [-0.25, -0.2) is 0 Å². The standard InChI is InChI=1S/C20H28N4O4/c1-5-26-16-9-7-14(11-18(16)27-6-2)13(3)24-20(22-4)23-12-15-8-10-17(28-15)19(21)25/h7-11,13H,5-6,12H2,1-4H3,(H2,21,25)(H2,22,23,24). The first-order valence-corrected chi connectivity index (χ1v) is 9.23. The number of ether oxygens (including phenoxy) is 2. The highest BCUT2D eigenvalue weighted by Gasteiger charge is 2.13. The third kappa shape index (κ3) is 5.67. The maximum Gasteiger partial charge on any atom is 0.284 e. The molecule has 0 aliphatic carbocycles. The predicted octanol–water partition coefficient (Wildman–Crippen LogP) is 2.60. The van der Waals surface area contributed by atoms with E-state index in [-0.39, 0.29) is 11.8 Å². The summed E-state index contributed by atoms with van der Waals surface area (Å²) >= 11 is 0. The van der Waals surface area contributed by atoms with Crippen molar-refractivity contribution in [2.24, 2.45) is 10.7 Å². The van der Waals surface area contributed by atoms with Crippen LogP contribution < -0.4 is 25.8 Å². The number of carbonyl (C=O) groups is 1. The Kier molecular flexibility index (Phi) is 7.74. The summed E-state index contributed by atoms with van der Waals surface area (Å²) in [6, 6.07) is 9.08. The first-order valence-electron chi connectivity index (χ1n) is 9.23. The number of guanidine groups is 1. The van der Waals surface area contributed by atoms with E-state index in [1.807, 2.05) is 39.0 Å². The Hall–Kier alpha value is -3.16. The van der Waals surface area contributed by atoms with E-state index >= 15 is 0 Å². The van der Waals surface area contributed by atoms with Crippen LogP contribution in [0, 0.1) is 0 Å². The number of furan rings is 1. The first kappa shape index (κ1) is 21.1. The second-order valence-electron chi connectivity index (χ2n) is 5.99. The van der Waals surface area contributed by atoms with Gasteiger partial charge in [-0.3, -0.25) is 9.79 Å². The predicted molar refractivity (Wildman–Crippen MR) is 108 cm³/mol. The van der Waals surface area contributed by atoms with E-state index in [0.717, 1.165) is 11.3 Å². The van der Waals surface area contributed by atoms with Crippen molar-refractivity contribution >= 4 is 11.9 Å². The number of primary amides is 1. The molecule has 1 amide bonds. The van der Waals surface area contributed by atoms with Gasteiger partial charge in [0.1, 0.15) is 5.76 Å². The Labute approximate surface area is 165 Å². The van der Waals surface area contributed by atoms with Gasteiger partial charge in [-0.1, -0.05) is 6.07 Å². The minimum Gasteiger partial charge on any atom is -0.490 e. The van der Waals surface area contributed by atoms with Gasteiger partial charge in [-0.05, 0) is 50.6 Å². The molecule has 0 fully saturated rings. The number of nitrogens with one attached hydrogen (secondary N) is 2. The molecule has 2 aromatic rings. The number of benzene rings is 1. The van der Waals surface area contributed by atoms with Crippen molar-refractivity contribution < 1.29 is 18.7 Å². The van der Waals surface area contributed by atoms with Crippen LogP contribution in [0.25, 0.3) is 0 Å². The summed E-state index contributed by atoms with van der Waals surface area (Å²) in [5, 5.41) is 6.46. The summed E-state index contributed by atoms with van der Waals surface area (Å²) in [7, 11) is 1.68. The Morgan fingerprint density at radius 2 is 1.89 bits per heavy atom. The summed E-state index contributed by atoms with van der Waals surface area (Å²) < 4.78 is 16.7. The molecular formula is C20H28N4O4. The van der Waals surface area contributed by atoms with Crippen LogP contribution in [0.3, 0.4) is 0 Å². The van der Waals surface area contributed by atoms with Gasteiger partial charge in [0.25, 0.3) is 5.91 Å². The molecule has 1 aromatic carbocycles. The molecule has 8 nitrogen and oxygen atoms in total. The van der Waals surface area contributed by atoms with Crippen LogP contribution in [0.1, 0.15) is 48.7 Å². The third-order valence-corrected chi connectivity index (χ3v) is 3.98. The van der Waals surface area contributed by atoms with Crippen LogP contribution in [-0.4, -0.2) is 32.1 Å². The average Bonchev–Trinajstić information content (AvgIpc) is 3.16. The summed E-state index contributed by atoms with van der Waals surface area (Å²) in [5.41, 5.74) is 6.23. The van der Waals surface area contributed by atoms with E-state index < -0.39 is 5.91 Å². The lowest BCUT2D eigenvalue weighted by Crippen LogP contribution is -2.38. The molecule has 0 aliphatic heterocycles. The number of carbonyl (C=O) groups excluding carboxylic acids is 1. The third-order valence-electron chi connectivity index (χ3n) is 3.98. The molecule has 28 heavy (non-hydrogen) atoms. The molecule has 2 rings (SSSR count). The quantitative estimate of drug-likeness (QED) is 0.450. The fraction of sp³-hybridized carbons (Fsp3) is 0.400. The van der Waals surface area contributed by atoms with Crippen LogP contribution in [0.15, 0.2) is 39.7 Å². The fourth-order valence-corrected chi connectivity index (χ4v) is 2.60. The zero-order valence-electron chi connectivity index (χ0n) is 16.7. The molecule has 1 unspecified atom stereocenters. The minimum atomic E-state index is -0.594. The van der Waals surface area contributed by atoms with Crippen molar-refractivity contribution in [3.8, 4) is 11.5 Å². The van der Waals surface area contributed by atoms with Gasteiger partial charge in [-0.15, -0.1) is 0 Å². The van der Waals surface area contributed by atoms with Crippen LogP contribution in [0.2, 0.25) is 0 Å². The van der Waals surface area contributed by atoms with Crippen molar-refractivity contribution in [3.63, 3.8) is 0 Å². The van der Waals surface area contributed by atoms with Crippen LogP contribution in [-0.2, 0) is 6.54 Å². The topological polar surface area (TPSA) is 111 Å². The lowest BCUT2D eigenvalue weighted by atomic mass is 10.1. The summed E-state index contributed by atoms with van der Waals surface area (Å²) in [6.07, 6.45) is 0. The van der Waals surface area contributed by atoms with Gasteiger partial charge in [0.15, 0.2) is 23.2 Å². The molecular weight excluding hydrogens is 360 g/mol. The van der Waals surface area contributed by atoms with Crippen molar-refractivity contribution in [2.45, 2.75) is 33.4 Å². The summed E-state index contributed by atoms with van der Waals surface area (Å²) in [6.45, 7) is 7.41. The molecule has 0 saturated heterocycles. The van der Waals surface area contributed by atoms with Gasteiger partial charge < -0.3 is 30.3 Å². The normalized spacial score (nSPS) is 12.4. The summed E-state index contributed by atoms with van der Waals surface area (Å²) in [4.78, 5) is 15.3. The fourth-order valence-electron chi connectivity index (χ4n) is 2.60. The monoisotopic (exact) mass is 388 g/mol. The van der Waals surface area contributed by atoms with Gasteiger partial charge in [-0.2, -0.15) is 0 Å². The van der Waals surface area contributed by atoms with E-state index in [9.17, 15) is 4.79 Å². The van der Waals surface area contributed by atoms with E-state index in [1.165, 1.54) is 0 Å². The molecule has 4 N–H and O–H groups in total. The van der Waals surface area contributed by atoms with E-state index in [4.69, 9.17) is 19.6 Å². The highest BCUT2D eigenvalue weighted by Crippen LogP contribution is 2.30. The first-order chi connectivity index (χ1) is 13.5. The number of nitrogens with zero attached hydrogens (tertiary/aromatic N) is 1. The van der Waals surface area contributed by atoms with Gasteiger partial charge >= 0.3 is 0 Å². The largest absolute Gasteiger partial charge is 0.490 e. The summed E-state index contributed by atoms with van der Waals surface area (Å²) in [5.74, 6) is 2.16. The molecule has 1 atom stereocenters. The Morgan fingerprint density at radius 3 is 2.50 bits per heavy atom. The van der Waals surface area contributed by atoms with Crippen LogP contribution in [0.4, 0.5) is 0 Å². The van der Waals surface area contributed by atoms with Crippen molar-refractivity contribution in [2.75, 3.05) is 20.3 Å². The van der Waals surface area contributed by atoms with Crippen molar-refractivity contribution in [1.82, 2.24) is 10.6 Å². The molecule has 1 heterocycles. The number of amides is 1. The lowest BCUT2D eigenvalue weighted by molar-refractivity contribution is 0.0972. The number of hydrogen-bond acceptors (Lipinski definition) is 5. The van der Waals surface area contributed by atoms with Crippen molar-refractivity contribution in [1.29, 1.82) is 0 Å². The smallest absolute Gasteiger partial charge is 0.284 e. The zero-order chi connectivity index (χ0) is 20.5. The van der Waals surface area contributed by atoms with Gasteiger partial charge in [0, 0.05) is 7.05 Å². The second-order valence-corrected chi connectivity index (χ2v) is 5.99. The number of rotatable bonds is 9. The van der Waals surface area contributed by atoms with Crippen LogP contribution in [0.5, 0.6) is 11.5 Å². The minimum absolute atomic E-state index is 0.0288. The molecule has 152 valence electrons. The Balaban J connectivity index is 2.01. The molecule has 8 heteroatoms. The highest BCUT2D eigenvalue weighted by atomic mass is 16.5. The molecule has 0 radical (unpaired) electrons. The molecule has 0 aliphatic rings. The Bertz CT molecular complexity index is 816. The molecule has 0 spiro atoms.